The molecule has 98 valence electrons. The summed E-state index contributed by atoms with van der Waals surface area (Å²) in [5, 5.41) is 0. The summed E-state index contributed by atoms with van der Waals surface area (Å²) in [6, 6.07) is 0.494. The Bertz CT molecular complexity index is 270. The van der Waals surface area contributed by atoms with Crippen molar-refractivity contribution >= 4 is 5.91 Å². The van der Waals surface area contributed by atoms with Crippen molar-refractivity contribution in [1.29, 1.82) is 0 Å². The molecule has 2 rings (SSSR count). The topological polar surface area (TPSA) is 55.6 Å². The van der Waals surface area contributed by atoms with Gasteiger partial charge in [0.1, 0.15) is 0 Å². The second-order valence-electron chi connectivity index (χ2n) is 5.29. The zero-order valence-electron chi connectivity index (χ0n) is 10.7. The van der Waals surface area contributed by atoms with Crippen LogP contribution in [0.1, 0.15) is 39.0 Å². The minimum absolute atomic E-state index is 0.158. The molecule has 1 aliphatic carbocycles. The fourth-order valence-electron chi connectivity index (χ4n) is 2.97. The molecule has 2 aliphatic rings. The van der Waals surface area contributed by atoms with Gasteiger partial charge in [0.05, 0.1) is 19.3 Å². The Kier molecular flexibility index (Phi) is 4.40. The molecule has 1 heterocycles. The van der Waals surface area contributed by atoms with Crippen LogP contribution >= 0.6 is 0 Å². The lowest BCUT2D eigenvalue weighted by Crippen LogP contribution is -2.51. The molecule has 1 aliphatic heterocycles. The molecule has 0 aromatic carbocycles. The van der Waals surface area contributed by atoms with Crippen molar-refractivity contribution in [3.63, 3.8) is 0 Å². The van der Waals surface area contributed by atoms with Gasteiger partial charge in [-0.25, -0.2) is 0 Å². The molecule has 0 spiro atoms. The summed E-state index contributed by atoms with van der Waals surface area (Å²) in [6.07, 6.45) is 5.03. The van der Waals surface area contributed by atoms with E-state index in [9.17, 15) is 4.79 Å². The van der Waals surface area contributed by atoms with E-state index in [1.54, 1.807) is 0 Å². The fraction of sp³-hybridized carbons (Fsp3) is 0.923. The van der Waals surface area contributed by atoms with E-state index in [1.807, 2.05) is 4.90 Å². The summed E-state index contributed by atoms with van der Waals surface area (Å²) < 4.78 is 5.44. The lowest BCUT2D eigenvalue weighted by atomic mass is 9.85. The lowest BCUT2D eigenvalue weighted by Gasteiger charge is -2.38. The van der Waals surface area contributed by atoms with Gasteiger partial charge in [0.25, 0.3) is 0 Å². The summed E-state index contributed by atoms with van der Waals surface area (Å²) in [5.74, 6) is 0.473. The number of carbonyl (C=O) groups is 1. The van der Waals surface area contributed by atoms with E-state index in [0.717, 1.165) is 38.6 Å². The van der Waals surface area contributed by atoms with Crippen molar-refractivity contribution in [2.24, 2.45) is 11.7 Å². The highest BCUT2D eigenvalue weighted by Crippen LogP contribution is 2.26. The van der Waals surface area contributed by atoms with Crippen LogP contribution in [0.4, 0.5) is 0 Å². The van der Waals surface area contributed by atoms with Crippen LogP contribution in [0, 0.1) is 5.92 Å². The molecule has 1 amide bonds. The van der Waals surface area contributed by atoms with E-state index >= 15 is 0 Å². The van der Waals surface area contributed by atoms with Crippen LogP contribution in [0.5, 0.6) is 0 Å². The molecule has 0 bridgehead atoms. The van der Waals surface area contributed by atoms with Crippen molar-refractivity contribution in [2.75, 3.05) is 19.8 Å². The average Bonchev–Trinajstić information content (AvgIpc) is 2.38. The van der Waals surface area contributed by atoms with Crippen molar-refractivity contribution in [1.82, 2.24) is 4.90 Å². The van der Waals surface area contributed by atoms with Gasteiger partial charge in [0.15, 0.2) is 0 Å². The first-order valence-electron chi connectivity index (χ1n) is 6.86. The first kappa shape index (κ1) is 12.8. The van der Waals surface area contributed by atoms with E-state index in [0.29, 0.717) is 19.1 Å². The predicted octanol–water partition coefficient (Wildman–Crippen LogP) is 1.14. The molecule has 17 heavy (non-hydrogen) atoms. The van der Waals surface area contributed by atoms with Gasteiger partial charge in [-0.2, -0.15) is 0 Å². The standard InChI is InChI=1S/C13H24N2O2/c1-2-12-9-17-7-6-15(12)13(16)10-4-3-5-11(14)8-10/h10-12H,2-9,14H2,1H3/t10-,11+,12+/m0/s1. The fourth-order valence-corrected chi connectivity index (χ4v) is 2.97. The molecule has 4 heteroatoms. The smallest absolute Gasteiger partial charge is 0.226 e. The van der Waals surface area contributed by atoms with Gasteiger partial charge in [0.2, 0.25) is 5.91 Å². The van der Waals surface area contributed by atoms with Crippen LogP contribution in [0.3, 0.4) is 0 Å². The summed E-state index contributed by atoms with van der Waals surface area (Å²) in [6.45, 7) is 4.25. The monoisotopic (exact) mass is 240 g/mol. The molecular weight excluding hydrogens is 216 g/mol. The number of nitrogens with two attached hydrogens (primary N) is 1. The highest BCUT2D eigenvalue weighted by molar-refractivity contribution is 5.79. The first-order chi connectivity index (χ1) is 8.22. The van der Waals surface area contributed by atoms with E-state index in [4.69, 9.17) is 10.5 Å². The van der Waals surface area contributed by atoms with Gasteiger partial charge in [-0.05, 0) is 25.7 Å². The quantitative estimate of drug-likeness (QED) is 0.787. The number of amides is 1. The Hall–Kier alpha value is -0.610. The number of ether oxygens (including phenoxy) is 1. The maximum absolute atomic E-state index is 12.5. The van der Waals surface area contributed by atoms with Crippen molar-refractivity contribution in [3.8, 4) is 0 Å². The maximum atomic E-state index is 12.5. The molecule has 2 N–H and O–H groups in total. The van der Waals surface area contributed by atoms with Crippen LogP contribution in [-0.4, -0.2) is 42.6 Å². The van der Waals surface area contributed by atoms with E-state index < -0.39 is 0 Å². The van der Waals surface area contributed by atoms with Crippen LogP contribution in [0.2, 0.25) is 0 Å². The third kappa shape index (κ3) is 2.99. The van der Waals surface area contributed by atoms with Gasteiger partial charge in [0, 0.05) is 18.5 Å². The molecule has 0 radical (unpaired) electrons. The maximum Gasteiger partial charge on any atom is 0.226 e. The second kappa shape index (κ2) is 5.83. The van der Waals surface area contributed by atoms with Crippen molar-refractivity contribution < 1.29 is 9.53 Å². The average molecular weight is 240 g/mol. The SMILES string of the molecule is CC[C@@H]1COCCN1C(=O)[C@H]1CCC[C@@H](N)C1. The summed E-state index contributed by atoms with van der Waals surface area (Å²) in [4.78, 5) is 14.5. The Morgan fingerprint density at radius 2 is 2.29 bits per heavy atom. The largest absolute Gasteiger partial charge is 0.377 e. The number of carbonyl (C=O) groups excluding carboxylic acids is 1. The second-order valence-corrected chi connectivity index (χ2v) is 5.29. The third-order valence-corrected chi connectivity index (χ3v) is 4.05. The van der Waals surface area contributed by atoms with Gasteiger partial charge in [-0.1, -0.05) is 13.3 Å². The van der Waals surface area contributed by atoms with Gasteiger partial charge in [-0.15, -0.1) is 0 Å². The molecule has 1 saturated heterocycles. The van der Waals surface area contributed by atoms with Gasteiger partial charge >= 0.3 is 0 Å². The van der Waals surface area contributed by atoms with E-state index in [-0.39, 0.29) is 18.0 Å². The molecule has 4 nitrogen and oxygen atoms in total. The lowest BCUT2D eigenvalue weighted by molar-refractivity contribution is -0.145. The Morgan fingerprint density at radius 3 is 3.00 bits per heavy atom. The Morgan fingerprint density at radius 1 is 1.47 bits per heavy atom. The molecule has 0 aromatic heterocycles. The molecule has 0 unspecified atom stereocenters. The van der Waals surface area contributed by atoms with E-state index in [1.165, 1.54) is 0 Å². The van der Waals surface area contributed by atoms with Crippen LogP contribution in [0.15, 0.2) is 0 Å². The van der Waals surface area contributed by atoms with Crippen molar-refractivity contribution in [2.45, 2.75) is 51.1 Å². The van der Waals surface area contributed by atoms with Crippen molar-refractivity contribution in [3.05, 3.63) is 0 Å². The zero-order valence-corrected chi connectivity index (χ0v) is 10.7. The number of hydrogen-bond acceptors (Lipinski definition) is 3. The number of rotatable bonds is 2. The van der Waals surface area contributed by atoms with Gasteiger partial charge < -0.3 is 15.4 Å². The summed E-state index contributed by atoms with van der Waals surface area (Å²) >= 11 is 0. The minimum atomic E-state index is 0.158. The summed E-state index contributed by atoms with van der Waals surface area (Å²) in [5.41, 5.74) is 5.96. The Balaban J connectivity index is 1.97. The number of nitrogens with zero attached hydrogens (tertiary/aromatic N) is 1. The normalized spacial score (nSPS) is 34.7. The number of morpholine rings is 1. The Labute approximate surface area is 103 Å². The molecule has 2 fully saturated rings. The molecule has 0 aromatic rings. The van der Waals surface area contributed by atoms with Crippen LogP contribution in [-0.2, 0) is 9.53 Å². The minimum Gasteiger partial charge on any atom is -0.377 e. The van der Waals surface area contributed by atoms with E-state index in [2.05, 4.69) is 6.92 Å². The van der Waals surface area contributed by atoms with Crippen LogP contribution < -0.4 is 5.73 Å². The zero-order chi connectivity index (χ0) is 12.3. The molecule has 1 saturated carbocycles. The highest BCUT2D eigenvalue weighted by atomic mass is 16.5. The predicted molar refractivity (Wildman–Crippen MR) is 66.5 cm³/mol. The molecular formula is C13H24N2O2. The molecule has 3 atom stereocenters. The first-order valence-corrected chi connectivity index (χ1v) is 6.86. The van der Waals surface area contributed by atoms with Crippen LogP contribution in [0.25, 0.3) is 0 Å². The number of hydrogen-bond donors (Lipinski definition) is 1. The summed E-state index contributed by atoms with van der Waals surface area (Å²) in [7, 11) is 0. The van der Waals surface area contributed by atoms with Gasteiger partial charge in [-0.3, -0.25) is 4.79 Å². The third-order valence-electron chi connectivity index (χ3n) is 4.05. The highest BCUT2D eigenvalue weighted by Gasteiger charge is 2.33.